The van der Waals surface area contributed by atoms with Gasteiger partial charge in [-0.15, -0.1) is 0 Å². The molecule has 2 amide bonds. The van der Waals surface area contributed by atoms with Gasteiger partial charge in [-0.05, 0) is 37.1 Å². The van der Waals surface area contributed by atoms with Crippen LogP contribution in [0.25, 0.3) is 0 Å². The van der Waals surface area contributed by atoms with E-state index < -0.39 is 5.97 Å². The topological polar surface area (TPSA) is 81.7 Å². The van der Waals surface area contributed by atoms with Crippen molar-refractivity contribution in [3.8, 4) is 0 Å². The Hall–Kier alpha value is -1.79. The summed E-state index contributed by atoms with van der Waals surface area (Å²) < 4.78 is 0. The first-order chi connectivity index (χ1) is 11.0. The number of hydrogen-bond acceptors (Lipinski definition) is 3. The summed E-state index contributed by atoms with van der Waals surface area (Å²) in [5.41, 5.74) is 0.942. The predicted octanol–water partition coefficient (Wildman–Crippen LogP) is 2.08. The number of amides is 2. The summed E-state index contributed by atoms with van der Waals surface area (Å²) in [6.07, 6.45) is 1.57. The molecule has 0 spiro atoms. The largest absolute Gasteiger partial charge is 0.480 e. The SMILES string of the molecule is CCN(CC(=O)O)C1CC(NC(=O)NCc2cccc(Cl)c2)C1. The van der Waals surface area contributed by atoms with E-state index in [1.54, 1.807) is 6.07 Å². The Morgan fingerprint density at radius 3 is 2.74 bits per heavy atom. The van der Waals surface area contributed by atoms with E-state index in [1.165, 1.54) is 0 Å². The van der Waals surface area contributed by atoms with Crippen molar-refractivity contribution in [2.45, 2.75) is 38.4 Å². The molecule has 0 radical (unpaired) electrons. The van der Waals surface area contributed by atoms with E-state index in [4.69, 9.17) is 16.7 Å². The molecular formula is C16H22ClN3O3. The molecule has 0 saturated heterocycles. The molecule has 0 atom stereocenters. The molecule has 1 aliphatic rings. The number of hydrogen-bond donors (Lipinski definition) is 3. The third kappa shape index (κ3) is 5.41. The summed E-state index contributed by atoms with van der Waals surface area (Å²) in [5.74, 6) is -0.817. The molecule has 6 nitrogen and oxygen atoms in total. The number of nitrogens with one attached hydrogen (secondary N) is 2. The molecule has 7 heteroatoms. The van der Waals surface area contributed by atoms with Gasteiger partial charge in [0.2, 0.25) is 0 Å². The number of carbonyl (C=O) groups excluding carboxylic acids is 1. The fraction of sp³-hybridized carbons (Fsp3) is 0.500. The van der Waals surface area contributed by atoms with Crippen molar-refractivity contribution in [2.24, 2.45) is 0 Å². The van der Waals surface area contributed by atoms with Gasteiger partial charge in [-0.25, -0.2) is 4.79 Å². The molecule has 0 bridgehead atoms. The lowest BCUT2D eigenvalue weighted by atomic mass is 9.85. The van der Waals surface area contributed by atoms with Gasteiger partial charge in [0.1, 0.15) is 0 Å². The van der Waals surface area contributed by atoms with Crippen molar-refractivity contribution in [2.75, 3.05) is 13.1 Å². The molecule has 0 heterocycles. The van der Waals surface area contributed by atoms with Gasteiger partial charge in [-0.3, -0.25) is 9.69 Å². The molecule has 1 aromatic rings. The lowest BCUT2D eigenvalue weighted by molar-refractivity contribution is -0.139. The Balaban J connectivity index is 1.68. The molecule has 126 valence electrons. The summed E-state index contributed by atoms with van der Waals surface area (Å²) in [7, 11) is 0. The third-order valence-corrected chi connectivity index (χ3v) is 4.29. The molecule has 1 aromatic carbocycles. The second-order valence-electron chi connectivity index (χ2n) is 5.74. The van der Waals surface area contributed by atoms with Crippen LogP contribution in [0.3, 0.4) is 0 Å². The Morgan fingerprint density at radius 2 is 2.13 bits per heavy atom. The minimum atomic E-state index is -0.817. The van der Waals surface area contributed by atoms with Gasteiger partial charge in [0.05, 0.1) is 6.54 Å². The fourth-order valence-electron chi connectivity index (χ4n) is 2.74. The molecule has 1 saturated carbocycles. The summed E-state index contributed by atoms with van der Waals surface area (Å²) in [4.78, 5) is 24.6. The van der Waals surface area contributed by atoms with Crippen LogP contribution in [0, 0.1) is 0 Å². The van der Waals surface area contributed by atoms with Crippen LogP contribution in [0.2, 0.25) is 5.02 Å². The highest BCUT2D eigenvalue weighted by molar-refractivity contribution is 6.30. The maximum atomic E-state index is 11.9. The number of rotatable bonds is 7. The first kappa shape index (κ1) is 17.6. The van der Waals surface area contributed by atoms with Crippen LogP contribution in [-0.2, 0) is 11.3 Å². The maximum Gasteiger partial charge on any atom is 0.317 e. The molecule has 0 aliphatic heterocycles. The van der Waals surface area contributed by atoms with Gasteiger partial charge in [-0.2, -0.15) is 0 Å². The fourth-order valence-corrected chi connectivity index (χ4v) is 2.96. The van der Waals surface area contributed by atoms with Crippen molar-refractivity contribution in [1.29, 1.82) is 0 Å². The van der Waals surface area contributed by atoms with Crippen molar-refractivity contribution in [3.05, 3.63) is 34.9 Å². The average Bonchev–Trinajstić information content (AvgIpc) is 2.46. The quantitative estimate of drug-likeness (QED) is 0.710. The Labute approximate surface area is 140 Å². The van der Waals surface area contributed by atoms with Crippen molar-refractivity contribution < 1.29 is 14.7 Å². The monoisotopic (exact) mass is 339 g/mol. The molecule has 3 N–H and O–H groups in total. The van der Waals surface area contributed by atoms with E-state index in [-0.39, 0.29) is 24.7 Å². The van der Waals surface area contributed by atoms with Crippen LogP contribution in [0.1, 0.15) is 25.3 Å². The van der Waals surface area contributed by atoms with Gasteiger partial charge >= 0.3 is 12.0 Å². The van der Waals surface area contributed by atoms with Crippen molar-refractivity contribution in [3.63, 3.8) is 0 Å². The van der Waals surface area contributed by atoms with E-state index in [9.17, 15) is 9.59 Å². The van der Waals surface area contributed by atoms with Crippen molar-refractivity contribution in [1.82, 2.24) is 15.5 Å². The van der Waals surface area contributed by atoms with Crippen LogP contribution >= 0.6 is 11.6 Å². The molecular weight excluding hydrogens is 318 g/mol. The number of benzene rings is 1. The molecule has 2 rings (SSSR count). The first-order valence-corrected chi connectivity index (χ1v) is 8.10. The number of urea groups is 1. The van der Waals surface area contributed by atoms with E-state index in [0.29, 0.717) is 18.1 Å². The number of halogens is 1. The maximum absolute atomic E-state index is 11.9. The van der Waals surface area contributed by atoms with Gasteiger partial charge in [0, 0.05) is 23.7 Å². The zero-order valence-electron chi connectivity index (χ0n) is 13.1. The predicted molar refractivity (Wildman–Crippen MR) is 88.5 cm³/mol. The second kappa shape index (κ2) is 8.17. The van der Waals surface area contributed by atoms with Crippen LogP contribution in [0.15, 0.2) is 24.3 Å². The van der Waals surface area contributed by atoms with Gasteiger partial charge in [-0.1, -0.05) is 30.7 Å². The summed E-state index contributed by atoms with van der Waals surface area (Å²) >= 11 is 5.90. The van der Waals surface area contributed by atoms with Crippen molar-refractivity contribution >= 4 is 23.6 Å². The van der Waals surface area contributed by atoms with Gasteiger partial charge in [0.15, 0.2) is 0 Å². The highest BCUT2D eigenvalue weighted by Gasteiger charge is 2.34. The van der Waals surface area contributed by atoms with Gasteiger partial charge in [0.25, 0.3) is 0 Å². The number of aliphatic carboxylic acids is 1. The number of carboxylic acids is 1. The van der Waals surface area contributed by atoms with E-state index in [0.717, 1.165) is 18.4 Å². The zero-order valence-corrected chi connectivity index (χ0v) is 13.8. The second-order valence-corrected chi connectivity index (χ2v) is 6.17. The standard InChI is InChI=1S/C16H22ClN3O3/c1-2-20(10-15(21)22)14-7-13(8-14)19-16(23)18-9-11-4-3-5-12(17)6-11/h3-6,13-14H,2,7-10H2,1H3,(H,21,22)(H2,18,19,23). The number of carboxylic acid groups (broad SMARTS) is 1. The average molecular weight is 340 g/mol. The van der Waals surface area contributed by atoms with E-state index in [1.807, 2.05) is 30.0 Å². The van der Waals surface area contributed by atoms with Gasteiger partial charge < -0.3 is 15.7 Å². The summed E-state index contributed by atoms with van der Waals surface area (Å²) in [6, 6.07) is 7.46. The normalized spacial score (nSPS) is 20.0. The van der Waals surface area contributed by atoms with Crippen LogP contribution in [-0.4, -0.2) is 47.2 Å². The summed E-state index contributed by atoms with van der Waals surface area (Å²) in [6.45, 7) is 3.11. The molecule has 0 aromatic heterocycles. The summed E-state index contributed by atoms with van der Waals surface area (Å²) in [5, 5.41) is 15.2. The Morgan fingerprint density at radius 1 is 1.39 bits per heavy atom. The number of likely N-dealkylation sites (N-methyl/N-ethyl adjacent to an activating group) is 1. The van der Waals surface area contributed by atoms with Crippen LogP contribution in [0.4, 0.5) is 4.79 Å². The Kier molecular flexibility index (Phi) is 6.24. The van der Waals surface area contributed by atoms with Crippen LogP contribution in [0.5, 0.6) is 0 Å². The smallest absolute Gasteiger partial charge is 0.317 e. The highest BCUT2D eigenvalue weighted by atomic mass is 35.5. The van der Waals surface area contributed by atoms with E-state index in [2.05, 4.69) is 10.6 Å². The zero-order chi connectivity index (χ0) is 16.8. The molecule has 1 aliphatic carbocycles. The molecule has 0 unspecified atom stereocenters. The molecule has 1 fully saturated rings. The first-order valence-electron chi connectivity index (χ1n) is 7.72. The van der Waals surface area contributed by atoms with Crippen LogP contribution < -0.4 is 10.6 Å². The number of carbonyl (C=O) groups is 2. The van der Waals surface area contributed by atoms with E-state index >= 15 is 0 Å². The highest BCUT2D eigenvalue weighted by Crippen LogP contribution is 2.25. The molecule has 23 heavy (non-hydrogen) atoms. The Bertz CT molecular complexity index is 561. The third-order valence-electron chi connectivity index (χ3n) is 4.05. The lowest BCUT2D eigenvalue weighted by Gasteiger charge is -2.42. The number of nitrogens with zero attached hydrogens (tertiary/aromatic N) is 1. The lowest BCUT2D eigenvalue weighted by Crippen LogP contribution is -2.56. The minimum Gasteiger partial charge on any atom is -0.480 e. The minimum absolute atomic E-state index is 0.0504.